The molecular formula is C18H17N5O4S. The number of hydrogen-bond acceptors (Lipinski definition) is 7. The number of nitrogens with zero attached hydrogens (tertiary/aromatic N) is 4. The number of aromatic nitrogens is 3. The summed E-state index contributed by atoms with van der Waals surface area (Å²) in [5, 5.41) is 19.6. The van der Waals surface area contributed by atoms with Gasteiger partial charge < -0.3 is 5.11 Å². The van der Waals surface area contributed by atoms with Crippen LogP contribution in [0.4, 0.5) is 0 Å². The summed E-state index contributed by atoms with van der Waals surface area (Å²) in [7, 11) is 2.77. The standard InChI is InChI=1S/C18H17N5O4S/c1-22-17(26)16(21-23(2)18(22)27)28-10-15(25)20-19-9-13-12-6-4-3-5-11(12)7-8-14(13)24/h3-9,24H,10H2,1-2H3,(H,20,25)/b19-9+. The number of amides is 1. The maximum absolute atomic E-state index is 12.0. The number of rotatable bonds is 5. The van der Waals surface area contributed by atoms with E-state index >= 15 is 0 Å². The van der Waals surface area contributed by atoms with Gasteiger partial charge >= 0.3 is 5.69 Å². The molecule has 3 rings (SSSR count). The van der Waals surface area contributed by atoms with Crippen molar-refractivity contribution < 1.29 is 9.90 Å². The van der Waals surface area contributed by atoms with E-state index in [0.717, 1.165) is 31.8 Å². The highest BCUT2D eigenvalue weighted by Crippen LogP contribution is 2.25. The first kappa shape index (κ1) is 19.4. The molecule has 0 aliphatic rings. The molecule has 144 valence electrons. The van der Waals surface area contributed by atoms with Crippen molar-refractivity contribution in [3.05, 3.63) is 62.8 Å². The number of benzene rings is 2. The number of phenolic OH excluding ortho intramolecular Hbond substituents is 1. The highest BCUT2D eigenvalue weighted by atomic mass is 32.2. The molecule has 1 aromatic heterocycles. The third-order valence-corrected chi connectivity index (χ3v) is 4.90. The Labute approximate surface area is 163 Å². The summed E-state index contributed by atoms with van der Waals surface area (Å²) >= 11 is 0.905. The van der Waals surface area contributed by atoms with E-state index in [0.29, 0.717) is 5.56 Å². The molecule has 0 unspecified atom stereocenters. The lowest BCUT2D eigenvalue weighted by molar-refractivity contribution is -0.118. The number of carbonyl (C=O) groups is 1. The smallest absolute Gasteiger partial charge is 0.346 e. The molecular weight excluding hydrogens is 382 g/mol. The molecule has 0 aliphatic heterocycles. The summed E-state index contributed by atoms with van der Waals surface area (Å²) in [6, 6.07) is 10.8. The molecule has 9 nitrogen and oxygen atoms in total. The van der Waals surface area contributed by atoms with Crippen LogP contribution in [0, 0.1) is 0 Å². The minimum atomic E-state index is -0.565. The van der Waals surface area contributed by atoms with Crippen LogP contribution in [0.15, 0.2) is 56.1 Å². The highest BCUT2D eigenvalue weighted by molar-refractivity contribution is 7.99. The molecule has 0 saturated heterocycles. The fourth-order valence-electron chi connectivity index (χ4n) is 2.51. The number of thioether (sulfide) groups is 1. The monoisotopic (exact) mass is 399 g/mol. The Morgan fingerprint density at radius 2 is 2.00 bits per heavy atom. The number of aryl methyl sites for hydroxylation is 1. The third-order valence-electron chi connectivity index (χ3n) is 3.96. The van der Waals surface area contributed by atoms with Crippen molar-refractivity contribution in [3.8, 4) is 5.75 Å². The molecule has 0 fully saturated rings. The molecule has 0 aliphatic carbocycles. The van der Waals surface area contributed by atoms with Gasteiger partial charge in [0, 0.05) is 19.7 Å². The molecule has 0 spiro atoms. The molecule has 0 atom stereocenters. The molecule has 10 heteroatoms. The van der Waals surface area contributed by atoms with Gasteiger partial charge in [-0.25, -0.2) is 14.9 Å². The molecule has 0 radical (unpaired) electrons. The van der Waals surface area contributed by atoms with Crippen LogP contribution in [0.2, 0.25) is 0 Å². The summed E-state index contributed by atoms with van der Waals surface area (Å²) in [5.41, 5.74) is 1.72. The van der Waals surface area contributed by atoms with Gasteiger partial charge in [-0.05, 0) is 16.8 Å². The fraction of sp³-hybridized carbons (Fsp3) is 0.167. The van der Waals surface area contributed by atoms with Gasteiger partial charge in [-0.2, -0.15) is 10.2 Å². The lowest BCUT2D eigenvalue weighted by atomic mass is 10.0. The van der Waals surface area contributed by atoms with Gasteiger partial charge in [-0.15, -0.1) is 0 Å². The van der Waals surface area contributed by atoms with Gasteiger partial charge in [0.25, 0.3) is 5.56 Å². The summed E-state index contributed by atoms with van der Waals surface area (Å²) in [4.78, 5) is 35.6. The molecule has 2 N–H and O–H groups in total. The zero-order valence-electron chi connectivity index (χ0n) is 15.1. The molecule has 2 aromatic carbocycles. The minimum Gasteiger partial charge on any atom is -0.507 e. The zero-order chi connectivity index (χ0) is 20.3. The van der Waals surface area contributed by atoms with E-state index in [1.807, 2.05) is 24.3 Å². The number of hydrazone groups is 1. The Morgan fingerprint density at radius 1 is 1.25 bits per heavy atom. The maximum Gasteiger partial charge on any atom is 0.346 e. The van der Waals surface area contributed by atoms with E-state index in [2.05, 4.69) is 15.6 Å². The van der Waals surface area contributed by atoms with Crippen LogP contribution in [-0.2, 0) is 18.9 Å². The Kier molecular flexibility index (Phi) is 5.59. The average molecular weight is 399 g/mol. The quantitative estimate of drug-likeness (QED) is 0.368. The van der Waals surface area contributed by atoms with Crippen molar-refractivity contribution in [2.24, 2.45) is 19.2 Å². The number of phenols is 1. The number of carbonyl (C=O) groups excluding carboxylic acids is 1. The first-order chi connectivity index (χ1) is 13.4. The van der Waals surface area contributed by atoms with E-state index in [1.54, 1.807) is 12.1 Å². The van der Waals surface area contributed by atoms with Gasteiger partial charge in [-0.3, -0.25) is 14.2 Å². The SMILES string of the molecule is Cn1nc(SCC(=O)N/N=C/c2c(O)ccc3ccccc23)c(=O)n(C)c1=O. The predicted molar refractivity (Wildman–Crippen MR) is 107 cm³/mol. The van der Waals surface area contributed by atoms with Crippen LogP contribution in [-0.4, -0.2) is 37.3 Å². The fourth-order valence-corrected chi connectivity index (χ4v) is 3.29. The zero-order valence-corrected chi connectivity index (χ0v) is 15.9. The Balaban J connectivity index is 1.68. The van der Waals surface area contributed by atoms with Crippen LogP contribution < -0.4 is 16.7 Å². The lowest BCUT2D eigenvalue weighted by Gasteiger charge is -2.05. The second-order valence-corrected chi connectivity index (χ2v) is 6.84. The van der Waals surface area contributed by atoms with Crippen LogP contribution >= 0.6 is 11.8 Å². The van der Waals surface area contributed by atoms with Gasteiger partial charge in [0.05, 0.1) is 12.0 Å². The van der Waals surface area contributed by atoms with Crippen molar-refractivity contribution in [1.29, 1.82) is 0 Å². The largest absolute Gasteiger partial charge is 0.507 e. The maximum atomic E-state index is 12.0. The molecule has 0 bridgehead atoms. The first-order valence-electron chi connectivity index (χ1n) is 8.18. The number of fused-ring (bicyclic) bond motifs is 1. The van der Waals surface area contributed by atoms with E-state index in [-0.39, 0.29) is 16.5 Å². The van der Waals surface area contributed by atoms with Crippen LogP contribution in [0.1, 0.15) is 5.56 Å². The highest BCUT2D eigenvalue weighted by Gasteiger charge is 2.11. The van der Waals surface area contributed by atoms with E-state index in [1.165, 1.54) is 20.3 Å². The van der Waals surface area contributed by atoms with Crippen LogP contribution in [0.3, 0.4) is 0 Å². The average Bonchev–Trinajstić information content (AvgIpc) is 2.69. The van der Waals surface area contributed by atoms with E-state index in [4.69, 9.17) is 0 Å². The second-order valence-electron chi connectivity index (χ2n) is 5.88. The Hall–Kier alpha value is -3.40. The van der Waals surface area contributed by atoms with Crippen molar-refractivity contribution >= 4 is 34.7 Å². The number of aromatic hydroxyl groups is 1. The summed E-state index contributed by atoms with van der Waals surface area (Å²) in [5.74, 6) is -0.526. The molecule has 28 heavy (non-hydrogen) atoms. The van der Waals surface area contributed by atoms with Gasteiger partial charge in [0.1, 0.15) is 5.75 Å². The van der Waals surface area contributed by atoms with Gasteiger partial charge in [0.2, 0.25) is 5.91 Å². The summed E-state index contributed by atoms with van der Waals surface area (Å²) in [6.45, 7) is 0. The van der Waals surface area contributed by atoms with Crippen LogP contribution in [0.5, 0.6) is 5.75 Å². The predicted octanol–water partition coefficient (Wildman–Crippen LogP) is 0.580. The number of nitrogens with one attached hydrogen (secondary N) is 1. The lowest BCUT2D eigenvalue weighted by Crippen LogP contribution is -2.39. The Morgan fingerprint density at radius 3 is 2.79 bits per heavy atom. The van der Waals surface area contributed by atoms with Gasteiger partial charge in [0.15, 0.2) is 5.03 Å². The first-order valence-corrected chi connectivity index (χ1v) is 9.17. The van der Waals surface area contributed by atoms with E-state index in [9.17, 15) is 19.5 Å². The van der Waals surface area contributed by atoms with Crippen molar-refractivity contribution in [2.45, 2.75) is 5.03 Å². The Bertz CT molecular complexity index is 1200. The number of hydrogen-bond donors (Lipinski definition) is 2. The molecule has 1 heterocycles. The van der Waals surface area contributed by atoms with Crippen molar-refractivity contribution in [2.75, 3.05) is 5.75 Å². The third kappa shape index (κ3) is 3.96. The van der Waals surface area contributed by atoms with Crippen molar-refractivity contribution in [1.82, 2.24) is 19.8 Å². The minimum absolute atomic E-state index is 0.0374. The molecule has 1 amide bonds. The van der Waals surface area contributed by atoms with E-state index < -0.39 is 17.2 Å². The van der Waals surface area contributed by atoms with Crippen LogP contribution in [0.25, 0.3) is 10.8 Å². The summed E-state index contributed by atoms with van der Waals surface area (Å²) in [6.07, 6.45) is 1.36. The second kappa shape index (κ2) is 8.09. The van der Waals surface area contributed by atoms with Gasteiger partial charge in [-0.1, -0.05) is 42.1 Å². The van der Waals surface area contributed by atoms with Crippen molar-refractivity contribution in [3.63, 3.8) is 0 Å². The normalized spacial score (nSPS) is 11.2. The topological polar surface area (TPSA) is 119 Å². The molecule has 3 aromatic rings. The summed E-state index contributed by atoms with van der Waals surface area (Å²) < 4.78 is 1.96. The molecule has 0 saturated carbocycles.